The minimum atomic E-state index is -3.80. The zero-order valence-corrected chi connectivity index (χ0v) is 37.2. The van der Waals surface area contributed by atoms with Gasteiger partial charge < -0.3 is 46.3 Å². The van der Waals surface area contributed by atoms with E-state index in [0.29, 0.717) is 22.5 Å². The number of rotatable bonds is 23. The molecule has 0 fully saturated rings. The molecule has 0 aliphatic carbocycles. The number of ether oxygens (including phenoxy) is 2. The van der Waals surface area contributed by atoms with Gasteiger partial charge in [-0.15, -0.1) is 11.8 Å². The van der Waals surface area contributed by atoms with Crippen molar-refractivity contribution in [2.24, 2.45) is 10.2 Å². The van der Waals surface area contributed by atoms with Crippen molar-refractivity contribution in [3.05, 3.63) is 96.1 Å². The molecule has 0 bridgehead atoms. The standard InChI is InChI=1S/C42H55N7O12S2/c1-27(51)36(47-37(53)33(22-29-12-8-6-9-13-29)46-41(57)61-42(3,4)5)39(55)44-34(23-50)38(54)45-35(24-62-26-43-28(2)52)40(56)60-20-21-63(58,59)25-30-16-18-32(19-17-30)49-48-31-14-10-7-11-15-31/h6-19,27,33-36,50-51H,20-26H2,1-5H3,(H,43,52)(H,44,55)(H,45,54)(H,46,57)(H,47,53)/t27?,33-,34-,35-,36-/m0/s1. The number of nitrogens with one attached hydrogen (secondary N) is 5. The molecule has 3 aromatic carbocycles. The van der Waals surface area contributed by atoms with Crippen molar-refractivity contribution >= 4 is 68.7 Å². The normalized spacial score (nSPS) is 14.0. The van der Waals surface area contributed by atoms with Crippen LogP contribution in [0.15, 0.2) is 95.2 Å². The van der Waals surface area contributed by atoms with Crippen LogP contribution in [0.4, 0.5) is 16.2 Å². The smallest absolute Gasteiger partial charge is 0.408 e. The van der Waals surface area contributed by atoms with Crippen molar-refractivity contribution in [1.82, 2.24) is 26.6 Å². The lowest BCUT2D eigenvalue weighted by Crippen LogP contribution is -2.61. The molecule has 3 aromatic rings. The number of carbonyl (C=O) groups excluding carboxylic acids is 6. The molecule has 0 saturated carbocycles. The predicted octanol–water partition coefficient (Wildman–Crippen LogP) is 2.35. The van der Waals surface area contributed by atoms with Crippen LogP contribution in [0.25, 0.3) is 0 Å². The number of alkyl carbamates (subject to hydrolysis) is 1. The summed E-state index contributed by atoms with van der Waals surface area (Å²) < 4.78 is 36.4. The largest absolute Gasteiger partial charge is 0.463 e. The minimum Gasteiger partial charge on any atom is -0.463 e. The van der Waals surface area contributed by atoms with E-state index < -0.39 is 94.5 Å². The molecule has 0 radical (unpaired) electrons. The van der Waals surface area contributed by atoms with Gasteiger partial charge in [-0.1, -0.05) is 60.7 Å². The summed E-state index contributed by atoms with van der Waals surface area (Å²) >= 11 is 1.01. The van der Waals surface area contributed by atoms with E-state index in [9.17, 15) is 47.4 Å². The topological polar surface area (TPSA) is 280 Å². The molecular formula is C42H55N7O12S2. The number of azo groups is 1. The first kappa shape index (κ1) is 51.5. The summed E-state index contributed by atoms with van der Waals surface area (Å²) in [6, 6.07) is 17.9. The zero-order chi connectivity index (χ0) is 46.6. The molecule has 1 unspecified atom stereocenters. The van der Waals surface area contributed by atoms with E-state index in [-0.39, 0.29) is 29.7 Å². The first-order chi connectivity index (χ1) is 29.7. The van der Waals surface area contributed by atoms with Gasteiger partial charge in [0, 0.05) is 19.1 Å². The average Bonchev–Trinajstić information content (AvgIpc) is 3.21. The Morgan fingerprint density at radius 1 is 0.746 bits per heavy atom. The molecule has 7 N–H and O–H groups in total. The number of aliphatic hydroxyl groups is 2. The third-order valence-corrected chi connectivity index (χ3v) is 11.0. The van der Waals surface area contributed by atoms with Crippen LogP contribution >= 0.6 is 11.8 Å². The summed E-state index contributed by atoms with van der Waals surface area (Å²) in [6.45, 7) is 5.81. The van der Waals surface area contributed by atoms with Crippen molar-refractivity contribution in [3.63, 3.8) is 0 Å². The molecular weight excluding hydrogens is 859 g/mol. The molecule has 3 rings (SSSR count). The maximum atomic E-state index is 13.5. The van der Waals surface area contributed by atoms with Gasteiger partial charge in [0.25, 0.3) is 0 Å². The van der Waals surface area contributed by atoms with Crippen LogP contribution < -0.4 is 26.6 Å². The van der Waals surface area contributed by atoms with Gasteiger partial charge in [-0.3, -0.25) is 19.2 Å². The number of carbonyl (C=O) groups is 6. The lowest BCUT2D eigenvalue weighted by molar-refractivity contribution is -0.147. The van der Waals surface area contributed by atoms with Gasteiger partial charge >= 0.3 is 12.1 Å². The highest BCUT2D eigenvalue weighted by molar-refractivity contribution is 7.99. The first-order valence-electron chi connectivity index (χ1n) is 19.7. The van der Waals surface area contributed by atoms with Crippen LogP contribution in [-0.2, 0) is 55.5 Å². The lowest BCUT2D eigenvalue weighted by Gasteiger charge is -2.27. The van der Waals surface area contributed by atoms with Crippen LogP contribution in [-0.4, -0.2) is 121 Å². The Morgan fingerprint density at radius 2 is 1.32 bits per heavy atom. The van der Waals surface area contributed by atoms with Crippen LogP contribution in [0.3, 0.4) is 0 Å². The van der Waals surface area contributed by atoms with Gasteiger partial charge in [-0.25, -0.2) is 18.0 Å². The van der Waals surface area contributed by atoms with Crippen LogP contribution in [0.1, 0.15) is 45.7 Å². The van der Waals surface area contributed by atoms with E-state index in [4.69, 9.17) is 9.47 Å². The number of aliphatic hydroxyl groups excluding tert-OH is 2. The van der Waals surface area contributed by atoms with Crippen molar-refractivity contribution in [2.45, 2.75) is 82.7 Å². The predicted molar refractivity (Wildman–Crippen MR) is 235 cm³/mol. The van der Waals surface area contributed by atoms with Gasteiger partial charge in [0.05, 0.1) is 41.5 Å². The Morgan fingerprint density at radius 3 is 1.89 bits per heavy atom. The molecule has 0 aliphatic heterocycles. The summed E-state index contributed by atoms with van der Waals surface area (Å²) in [5.74, 6) is -5.54. The highest BCUT2D eigenvalue weighted by Gasteiger charge is 2.34. The van der Waals surface area contributed by atoms with Crippen LogP contribution in [0.5, 0.6) is 0 Å². The first-order valence-corrected chi connectivity index (χ1v) is 22.7. The van der Waals surface area contributed by atoms with E-state index in [1.54, 1.807) is 87.5 Å². The van der Waals surface area contributed by atoms with Gasteiger partial charge in [-0.05, 0) is 63.1 Å². The van der Waals surface area contributed by atoms with Crippen molar-refractivity contribution in [1.29, 1.82) is 0 Å². The Labute approximate surface area is 370 Å². The number of benzene rings is 3. The van der Waals surface area contributed by atoms with Crippen molar-refractivity contribution in [3.8, 4) is 0 Å². The zero-order valence-electron chi connectivity index (χ0n) is 35.6. The molecule has 0 aliphatic rings. The van der Waals surface area contributed by atoms with Gasteiger partial charge in [-0.2, -0.15) is 10.2 Å². The highest BCUT2D eigenvalue weighted by Crippen LogP contribution is 2.19. The number of nitrogens with zero attached hydrogens (tertiary/aromatic N) is 2. The minimum absolute atomic E-state index is 0.0250. The average molecular weight is 914 g/mol. The fraction of sp³-hybridized carbons (Fsp3) is 0.429. The number of amides is 5. The second-order valence-electron chi connectivity index (χ2n) is 15.1. The number of thioether (sulfide) groups is 1. The van der Waals surface area contributed by atoms with Gasteiger partial charge in [0.1, 0.15) is 36.4 Å². The summed E-state index contributed by atoms with van der Waals surface area (Å²) in [6.07, 6.45) is -2.48. The molecule has 0 heterocycles. The Bertz CT molecular complexity index is 2120. The SMILES string of the molecule is CC(=O)NCSC[C@H](NC(=O)[C@H](CO)NC(=O)[C@@H](NC(=O)[C@H](Cc1ccccc1)NC(=O)OC(C)(C)C)C(C)O)C(=O)OCCS(=O)(=O)Cc1ccc(N=Nc2ccccc2)cc1. The molecule has 19 nitrogen and oxygen atoms in total. The maximum Gasteiger partial charge on any atom is 0.408 e. The van der Waals surface area contributed by atoms with E-state index in [1.807, 2.05) is 18.2 Å². The molecule has 0 spiro atoms. The number of hydrogen-bond acceptors (Lipinski definition) is 15. The second kappa shape index (κ2) is 25.3. The third kappa shape index (κ3) is 19.8. The molecule has 5 amide bonds. The fourth-order valence-electron chi connectivity index (χ4n) is 5.36. The summed E-state index contributed by atoms with van der Waals surface area (Å²) in [4.78, 5) is 77.7. The fourth-order valence-corrected chi connectivity index (χ4v) is 7.42. The molecule has 0 aromatic heterocycles. The Hall–Kier alpha value is -5.90. The lowest BCUT2D eigenvalue weighted by atomic mass is 10.0. The molecule has 5 atom stereocenters. The summed E-state index contributed by atoms with van der Waals surface area (Å²) in [5.41, 5.74) is 1.37. The quantitative estimate of drug-likeness (QED) is 0.0312. The van der Waals surface area contributed by atoms with Crippen molar-refractivity contribution < 1.29 is 56.9 Å². The Balaban J connectivity index is 1.65. The van der Waals surface area contributed by atoms with Crippen molar-refractivity contribution in [2.75, 3.05) is 30.6 Å². The molecule has 21 heteroatoms. The Kier molecular flexibility index (Phi) is 20.6. The molecule has 63 heavy (non-hydrogen) atoms. The second-order valence-corrected chi connectivity index (χ2v) is 18.3. The summed E-state index contributed by atoms with van der Waals surface area (Å²) in [5, 5.41) is 40.9. The number of esters is 1. The van der Waals surface area contributed by atoms with E-state index in [0.717, 1.165) is 11.8 Å². The summed E-state index contributed by atoms with van der Waals surface area (Å²) in [7, 11) is -3.80. The van der Waals surface area contributed by atoms with Gasteiger partial charge in [0.2, 0.25) is 23.6 Å². The van der Waals surface area contributed by atoms with E-state index in [1.165, 1.54) is 13.8 Å². The molecule has 342 valence electrons. The monoisotopic (exact) mass is 913 g/mol. The highest BCUT2D eigenvalue weighted by atomic mass is 32.2. The van der Waals surface area contributed by atoms with Gasteiger partial charge in [0.15, 0.2) is 9.84 Å². The number of hydrogen-bond donors (Lipinski definition) is 7. The molecule has 0 saturated heterocycles. The van der Waals surface area contributed by atoms with Crippen LogP contribution in [0, 0.1) is 0 Å². The third-order valence-electron chi connectivity index (χ3n) is 8.48. The van der Waals surface area contributed by atoms with E-state index in [2.05, 4.69) is 36.8 Å². The number of sulfone groups is 1. The maximum absolute atomic E-state index is 13.5. The van der Waals surface area contributed by atoms with E-state index >= 15 is 0 Å². The van der Waals surface area contributed by atoms with Crippen LogP contribution in [0.2, 0.25) is 0 Å².